The van der Waals surface area contributed by atoms with Crippen LogP contribution in [0.5, 0.6) is 0 Å². The molecular weight excluding hydrogens is 146 g/mol. The van der Waals surface area contributed by atoms with Gasteiger partial charge in [0.05, 0.1) is 0 Å². The van der Waals surface area contributed by atoms with E-state index in [1.807, 2.05) is 13.8 Å². The van der Waals surface area contributed by atoms with E-state index in [1.54, 1.807) is 0 Å². The third kappa shape index (κ3) is 2.21. The van der Waals surface area contributed by atoms with Gasteiger partial charge < -0.3 is 5.32 Å². The Balaban J connectivity index is 0.000000336. The van der Waals surface area contributed by atoms with Crippen molar-refractivity contribution >= 4 is 0 Å². The molecule has 12 heavy (non-hydrogen) atoms. The first-order valence-electron chi connectivity index (χ1n) is 5.02. The van der Waals surface area contributed by atoms with Crippen LogP contribution in [0.3, 0.4) is 0 Å². The highest BCUT2D eigenvalue weighted by Crippen LogP contribution is 2.24. The normalized spacial score (nSPS) is 31.8. The first kappa shape index (κ1) is 9.53. The summed E-state index contributed by atoms with van der Waals surface area (Å²) < 4.78 is 0. The van der Waals surface area contributed by atoms with Gasteiger partial charge >= 0.3 is 0 Å². The molecular formula is C11H19N. The van der Waals surface area contributed by atoms with E-state index < -0.39 is 0 Å². The van der Waals surface area contributed by atoms with E-state index in [9.17, 15) is 0 Å². The molecule has 1 saturated heterocycles. The molecule has 68 valence electrons. The molecule has 0 aromatic carbocycles. The number of piperidine rings is 1. The summed E-state index contributed by atoms with van der Waals surface area (Å²) in [5, 5.41) is 3.40. The Morgan fingerprint density at radius 3 is 2.42 bits per heavy atom. The first-order valence-corrected chi connectivity index (χ1v) is 5.02. The van der Waals surface area contributed by atoms with Gasteiger partial charge in [0.25, 0.3) is 0 Å². The fraction of sp³-hybridized carbons (Fsp3) is 0.636. The van der Waals surface area contributed by atoms with Crippen LogP contribution in [0.25, 0.3) is 0 Å². The van der Waals surface area contributed by atoms with Crippen LogP contribution in [0.2, 0.25) is 0 Å². The molecule has 2 atom stereocenters. The summed E-state index contributed by atoms with van der Waals surface area (Å²) in [5.74, 6) is 1.60. The van der Waals surface area contributed by atoms with Crippen LogP contribution in [0.4, 0.5) is 0 Å². The molecule has 2 rings (SSSR count). The number of nitrogens with one attached hydrogen (secondary N) is 1. The maximum atomic E-state index is 3.40. The lowest BCUT2D eigenvalue weighted by atomic mass is 9.84. The first-order chi connectivity index (χ1) is 5.97. The second-order valence-corrected chi connectivity index (χ2v) is 3.09. The molecule has 0 saturated carbocycles. The number of allylic oxidation sites excluding steroid dienone is 3. The summed E-state index contributed by atoms with van der Waals surface area (Å²) in [6.45, 7) is 6.37. The molecule has 1 N–H and O–H groups in total. The highest BCUT2D eigenvalue weighted by molar-refractivity contribution is 5.15. The quantitative estimate of drug-likeness (QED) is 0.581. The van der Waals surface area contributed by atoms with Crippen LogP contribution < -0.4 is 5.32 Å². The van der Waals surface area contributed by atoms with E-state index in [2.05, 4.69) is 29.6 Å². The van der Waals surface area contributed by atoms with Crippen molar-refractivity contribution in [3.8, 4) is 0 Å². The van der Waals surface area contributed by atoms with Gasteiger partial charge in [-0.3, -0.25) is 0 Å². The van der Waals surface area contributed by atoms with Gasteiger partial charge in [-0.2, -0.15) is 0 Å². The minimum atomic E-state index is 0.777. The third-order valence-electron chi connectivity index (χ3n) is 2.41. The van der Waals surface area contributed by atoms with Crippen molar-refractivity contribution < 1.29 is 0 Å². The lowest BCUT2D eigenvalue weighted by molar-refractivity contribution is 0.353. The van der Waals surface area contributed by atoms with Crippen molar-refractivity contribution in [2.45, 2.75) is 20.3 Å². The highest BCUT2D eigenvalue weighted by atomic mass is 14.9. The van der Waals surface area contributed by atoms with E-state index in [0.29, 0.717) is 0 Å². The predicted molar refractivity (Wildman–Crippen MR) is 54.1 cm³/mol. The van der Waals surface area contributed by atoms with Crippen LogP contribution in [-0.2, 0) is 0 Å². The monoisotopic (exact) mass is 165 g/mol. The zero-order valence-corrected chi connectivity index (χ0v) is 8.09. The summed E-state index contributed by atoms with van der Waals surface area (Å²) >= 11 is 0. The summed E-state index contributed by atoms with van der Waals surface area (Å²) in [5.41, 5.74) is 0. The topological polar surface area (TPSA) is 12.0 Å². The van der Waals surface area contributed by atoms with Gasteiger partial charge in [-0.25, -0.2) is 0 Å². The Morgan fingerprint density at radius 1 is 1.08 bits per heavy atom. The van der Waals surface area contributed by atoms with E-state index in [-0.39, 0.29) is 0 Å². The van der Waals surface area contributed by atoms with Crippen molar-refractivity contribution in [2.24, 2.45) is 11.8 Å². The fourth-order valence-electron chi connectivity index (χ4n) is 1.77. The van der Waals surface area contributed by atoms with Gasteiger partial charge in [0.15, 0.2) is 0 Å². The van der Waals surface area contributed by atoms with Gasteiger partial charge in [-0.15, -0.1) is 0 Å². The van der Waals surface area contributed by atoms with Gasteiger partial charge in [-0.05, 0) is 24.8 Å². The molecule has 0 aromatic rings. The number of hydrogen-bond acceptors (Lipinski definition) is 1. The minimum Gasteiger partial charge on any atom is -0.316 e. The Hall–Kier alpha value is -0.560. The van der Waals surface area contributed by atoms with Gasteiger partial charge in [0.2, 0.25) is 0 Å². The maximum Gasteiger partial charge on any atom is 0.00200 e. The van der Waals surface area contributed by atoms with Crippen molar-refractivity contribution in [1.29, 1.82) is 0 Å². The molecule has 1 heteroatoms. The van der Waals surface area contributed by atoms with Crippen LogP contribution >= 0.6 is 0 Å². The summed E-state index contributed by atoms with van der Waals surface area (Å²) in [6, 6.07) is 0. The second-order valence-electron chi connectivity index (χ2n) is 3.09. The fourth-order valence-corrected chi connectivity index (χ4v) is 1.77. The lowest BCUT2D eigenvalue weighted by Crippen LogP contribution is -2.35. The number of rotatable bonds is 0. The van der Waals surface area contributed by atoms with Crippen LogP contribution in [-0.4, -0.2) is 13.1 Å². The molecule has 1 aliphatic heterocycles. The molecule has 0 spiro atoms. The molecule has 1 nitrogen and oxygen atoms in total. The van der Waals surface area contributed by atoms with E-state index in [4.69, 9.17) is 0 Å². The Bertz CT molecular complexity index is 150. The van der Waals surface area contributed by atoms with E-state index in [0.717, 1.165) is 11.8 Å². The highest BCUT2D eigenvalue weighted by Gasteiger charge is 2.20. The molecule has 0 aromatic heterocycles. The average Bonchev–Trinajstić information content (AvgIpc) is 2.21. The van der Waals surface area contributed by atoms with Crippen LogP contribution in [0.15, 0.2) is 24.3 Å². The van der Waals surface area contributed by atoms with Gasteiger partial charge in [-0.1, -0.05) is 38.2 Å². The Labute approximate surface area is 75.6 Å². The zero-order chi connectivity index (χ0) is 8.81. The van der Waals surface area contributed by atoms with Crippen LogP contribution in [0.1, 0.15) is 20.3 Å². The predicted octanol–water partition coefficient (Wildman–Crippen LogP) is 2.36. The maximum absolute atomic E-state index is 3.40. The molecule has 2 aliphatic rings. The molecule has 1 aliphatic carbocycles. The van der Waals surface area contributed by atoms with Crippen molar-refractivity contribution in [3.05, 3.63) is 24.3 Å². The lowest BCUT2D eigenvalue weighted by Gasteiger charge is -2.29. The average molecular weight is 165 g/mol. The Kier molecular flexibility index (Phi) is 4.09. The largest absolute Gasteiger partial charge is 0.316 e. The molecule has 0 bridgehead atoms. The van der Waals surface area contributed by atoms with E-state index >= 15 is 0 Å². The smallest absolute Gasteiger partial charge is 0.00200 e. The van der Waals surface area contributed by atoms with Gasteiger partial charge in [0, 0.05) is 6.54 Å². The summed E-state index contributed by atoms with van der Waals surface area (Å²) in [6.07, 6.45) is 10.3. The van der Waals surface area contributed by atoms with Gasteiger partial charge in [0.1, 0.15) is 0 Å². The summed E-state index contributed by atoms with van der Waals surface area (Å²) in [4.78, 5) is 0. The van der Waals surface area contributed by atoms with Crippen molar-refractivity contribution in [2.75, 3.05) is 13.1 Å². The zero-order valence-electron chi connectivity index (χ0n) is 8.09. The standard InChI is InChI=1S/C9H13N.C2H6/c1-2-4-9-7-10-6-5-8(9)3-1;1-2/h1-4,8-10H,5-7H2;1-2H3. The second kappa shape index (κ2) is 5.15. The molecule has 0 radical (unpaired) electrons. The van der Waals surface area contributed by atoms with E-state index in [1.165, 1.54) is 19.5 Å². The van der Waals surface area contributed by atoms with Crippen LogP contribution in [0, 0.1) is 11.8 Å². The minimum absolute atomic E-state index is 0.777. The third-order valence-corrected chi connectivity index (χ3v) is 2.41. The molecule has 1 heterocycles. The molecule has 1 fully saturated rings. The number of fused-ring (bicyclic) bond motifs is 1. The van der Waals surface area contributed by atoms with Crippen molar-refractivity contribution in [1.82, 2.24) is 5.32 Å². The molecule has 2 unspecified atom stereocenters. The Morgan fingerprint density at radius 2 is 1.75 bits per heavy atom. The SMILES string of the molecule is C1=CC2CCNCC2C=C1.CC. The van der Waals surface area contributed by atoms with Crippen molar-refractivity contribution in [3.63, 3.8) is 0 Å². The molecule has 0 amide bonds. The summed E-state index contributed by atoms with van der Waals surface area (Å²) in [7, 11) is 0. The number of hydrogen-bond donors (Lipinski definition) is 1.